The summed E-state index contributed by atoms with van der Waals surface area (Å²) in [4.78, 5) is 40.9. The van der Waals surface area contributed by atoms with E-state index in [1.807, 2.05) is 61.2 Å². The molecule has 5 aliphatic rings. The fourth-order valence-corrected chi connectivity index (χ4v) is 7.52. The average Bonchev–Trinajstić information content (AvgIpc) is 3.82. The summed E-state index contributed by atoms with van der Waals surface area (Å²) in [6.45, 7) is 2.39. The Morgan fingerprint density at radius 2 is 0.895 bits per heavy atom. The molecular weight excluding hydrogens is 725 g/mol. The molecule has 5 heterocycles. The minimum absolute atomic E-state index is 0.152. The molecule has 0 bridgehead atoms. The zero-order valence-corrected chi connectivity index (χ0v) is 31.4. The zero-order chi connectivity index (χ0) is 38.6. The summed E-state index contributed by atoms with van der Waals surface area (Å²) < 4.78 is 36.4. The second-order valence-electron chi connectivity index (χ2n) is 14.2. The maximum Gasteiger partial charge on any atom is 0.260 e. The van der Waals surface area contributed by atoms with Crippen molar-refractivity contribution >= 4 is 46.8 Å². The van der Waals surface area contributed by atoms with Crippen molar-refractivity contribution in [2.45, 2.75) is 31.3 Å². The molecule has 0 saturated carbocycles. The third-order valence-electron chi connectivity index (χ3n) is 10.4. The first-order valence-electron chi connectivity index (χ1n) is 19.4. The highest BCUT2D eigenvalue weighted by molar-refractivity contribution is 6.06. The van der Waals surface area contributed by atoms with Crippen LogP contribution in [0.15, 0.2) is 107 Å². The lowest BCUT2D eigenvalue weighted by atomic mass is 10.0. The van der Waals surface area contributed by atoms with E-state index in [-0.39, 0.29) is 37.1 Å². The number of carbonyl (C=O) groups is 2. The summed E-state index contributed by atoms with van der Waals surface area (Å²) in [5, 5.41) is 0. The molecule has 0 N–H and O–H groups in total. The number of benzene rings is 4. The molecule has 4 aromatic rings. The maximum atomic E-state index is 14.0. The lowest BCUT2D eigenvalue weighted by Crippen LogP contribution is -2.32. The van der Waals surface area contributed by atoms with Gasteiger partial charge in [0.15, 0.2) is 23.0 Å². The van der Waals surface area contributed by atoms with Crippen molar-refractivity contribution in [1.82, 2.24) is 9.80 Å². The molecule has 0 radical (unpaired) electrons. The Hall–Kier alpha value is -6.24. The van der Waals surface area contributed by atoms with Crippen LogP contribution in [0.1, 0.15) is 51.1 Å². The number of aliphatic imine (C=N–C) groups is 2. The molecule has 0 saturated heterocycles. The Morgan fingerprint density at radius 3 is 1.35 bits per heavy atom. The molecule has 290 valence electrons. The van der Waals surface area contributed by atoms with Gasteiger partial charge in [-0.25, -0.2) is 0 Å². The van der Waals surface area contributed by atoms with E-state index in [9.17, 15) is 9.59 Å². The van der Waals surface area contributed by atoms with Gasteiger partial charge < -0.3 is 38.2 Å². The Kier molecular flexibility index (Phi) is 10.5. The maximum absolute atomic E-state index is 14.0. The molecule has 0 fully saturated rings. The van der Waals surface area contributed by atoms with E-state index < -0.39 is 0 Å². The first kappa shape index (κ1) is 36.4. The average molecular weight is 767 g/mol. The molecule has 0 spiro atoms. The summed E-state index contributed by atoms with van der Waals surface area (Å²) in [7, 11) is 0. The Morgan fingerprint density at radius 1 is 0.491 bits per heavy atom. The van der Waals surface area contributed by atoms with Gasteiger partial charge in [-0.05, 0) is 34.4 Å². The van der Waals surface area contributed by atoms with E-state index in [4.69, 9.17) is 38.4 Å². The molecule has 0 unspecified atom stereocenters. The normalized spacial score (nSPS) is 21.1. The molecule has 4 aromatic carbocycles. The highest BCUT2D eigenvalue weighted by Gasteiger charge is 2.35. The highest BCUT2D eigenvalue weighted by Crippen LogP contribution is 2.42. The Balaban J connectivity index is 0.925. The Labute approximate surface area is 330 Å². The van der Waals surface area contributed by atoms with Gasteiger partial charge in [0.1, 0.15) is 13.2 Å². The molecule has 0 aromatic heterocycles. The predicted molar refractivity (Wildman–Crippen MR) is 215 cm³/mol. The van der Waals surface area contributed by atoms with Gasteiger partial charge in [0.2, 0.25) is 0 Å². The number of hydrogen-bond acceptors (Lipinski definition) is 10. The van der Waals surface area contributed by atoms with E-state index in [0.717, 1.165) is 22.3 Å². The second-order valence-corrected chi connectivity index (χ2v) is 14.2. The van der Waals surface area contributed by atoms with Gasteiger partial charge in [-0.15, -0.1) is 0 Å². The summed E-state index contributed by atoms with van der Waals surface area (Å²) in [6.07, 6.45) is 9.37. The third-order valence-corrected chi connectivity index (χ3v) is 10.4. The number of nitrogens with zero attached hydrogens (tertiary/aromatic N) is 4. The van der Waals surface area contributed by atoms with Crippen molar-refractivity contribution in [1.29, 1.82) is 0 Å². The van der Waals surface area contributed by atoms with E-state index in [2.05, 4.69) is 24.3 Å². The zero-order valence-electron chi connectivity index (χ0n) is 31.4. The standard InChI is InChI=1S/C45H42N4O8/c50-44-36-22-40-42(24-38(36)46-26-34-20-32(28-48(34)44)30-8-3-1-4-9-30)54-12-7-13-55-43-25-39-37(23-41(43)57-19-17-53-15-14-52-16-18-56-40)45(51)49-29-33(21-35(49)27-47-39)31-10-5-2-6-11-31/h1-6,8-11,22-29,34-35H,7,12-21H2/t34-,35-/m0/s1. The minimum atomic E-state index is -0.194. The fraction of sp³-hybridized carbons (Fsp3) is 0.289. The molecule has 12 heteroatoms. The topological polar surface area (TPSA) is 121 Å². The highest BCUT2D eigenvalue weighted by atomic mass is 16.6. The summed E-state index contributed by atoms with van der Waals surface area (Å²) in [6, 6.07) is 26.7. The summed E-state index contributed by atoms with van der Waals surface area (Å²) >= 11 is 0. The van der Waals surface area contributed by atoms with Crippen LogP contribution in [-0.4, -0.2) is 99.0 Å². The van der Waals surface area contributed by atoms with Crippen LogP contribution in [0.3, 0.4) is 0 Å². The van der Waals surface area contributed by atoms with E-state index in [1.165, 1.54) is 0 Å². The number of rotatable bonds is 2. The fourth-order valence-electron chi connectivity index (χ4n) is 7.52. The van der Waals surface area contributed by atoms with Gasteiger partial charge in [-0.3, -0.25) is 19.6 Å². The van der Waals surface area contributed by atoms with Gasteiger partial charge in [0.25, 0.3) is 11.8 Å². The largest absolute Gasteiger partial charge is 0.489 e. The number of amides is 2. The van der Waals surface area contributed by atoms with Crippen LogP contribution in [0, 0.1) is 0 Å². The van der Waals surface area contributed by atoms with Crippen LogP contribution < -0.4 is 18.9 Å². The first-order chi connectivity index (χ1) is 28.1. The van der Waals surface area contributed by atoms with Gasteiger partial charge in [0.05, 0.1) is 74.2 Å². The number of carbonyl (C=O) groups excluding carboxylic acids is 2. The number of hydrogen-bond donors (Lipinski definition) is 0. The molecule has 2 amide bonds. The van der Waals surface area contributed by atoms with Gasteiger partial charge in [-0.2, -0.15) is 0 Å². The molecule has 5 aliphatic heterocycles. The van der Waals surface area contributed by atoms with Crippen LogP contribution in [-0.2, 0) is 9.47 Å². The van der Waals surface area contributed by atoms with Gasteiger partial charge in [-0.1, -0.05) is 60.7 Å². The minimum Gasteiger partial charge on any atom is -0.489 e. The van der Waals surface area contributed by atoms with Crippen molar-refractivity contribution < 1.29 is 38.0 Å². The molecule has 12 nitrogen and oxygen atoms in total. The van der Waals surface area contributed by atoms with Gasteiger partial charge in [0, 0.05) is 56.2 Å². The number of fused-ring (bicyclic) bond motifs is 6. The summed E-state index contributed by atoms with van der Waals surface area (Å²) in [5.74, 6) is 1.48. The van der Waals surface area contributed by atoms with Gasteiger partial charge >= 0.3 is 0 Å². The van der Waals surface area contributed by atoms with E-state index in [0.29, 0.717) is 104 Å². The van der Waals surface area contributed by atoms with Crippen molar-refractivity contribution in [2.75, 3.05) is 52.9 Å². The molecule has 2 atom stereocenters. The van der Waals surface area contributed by atoms with Crippen LogP contribution in [0.4, 0.5) is 11.4 Å². The third kappa shape index (κ3) is 7.78. The van der Waals surface area contributed by atoms with Crippen LogP contribution in [0.25, 0.3) is 11.1 Å². The lowest BCUT2D eigenvalue weighted by Gasteiger charge is -2.20. The van der Waals surface area contributed by atoms with Crippen molar-refractivity contribution in [3.05, 3.63) is 120 Å². The van der Waals surface area contributed by atoms with Crippen LogP contribution in [0.2, 0.25) is 0 Å². The number of ether oxygens (including phenoxy) is 6. The molecular formula is C45H42N4O8. The molecule has 57 heavy (non-hydrogen) atoms. The van der Waals surface area contributed by atoms with E-state index >= 15 is 0 Å². The van der Waals surface area contributed by atoms with Crippen molar-refractivity contribution in [2.24, 2.45) is 9.98 Å². The lowest BCUT2D eigenvalue weighted by molar-refractivity contribution is 0.0269. The van der Waals surface area contributed by atoms with Crippen molar-refractivity contribution in [3.8, 4) is 23.0 Å². The molecule has 9 rings (SSSR count). The van der Waals surface area contributed by atoms with Crippen LogP contribution in [0.5, 0.6) is 23.0 Å². The smallest absolute Gasteiger partial charge is 0.260 e. The first-order valence-corrected chi connectivity index (χ1v) is 19.4. The van der Waals surface area contributed by atoms with Crippen LogP contribution >= 0.6 is 0 Å². The summed E-state index contributed by atoms with van der Waals surface area (Å²) in [5.41, 5.74) is 6.24. The van der Waals surface area contributed by atoms with E-state index in [1.54, 1.807) is 34.1 Å². The van der Waals surface area contributed by atoms with Crippen molar-refractivity contribution in [3.63, 3.8) is 0 Å². The second kappa shape index (κ2) is 16.5. The SMILES string of the molecule is O=C1c2cc3c(cc2N=C[C@@H]2CC(c4ccccc4)=CN12)OCCCOc1cc2c(cc1OCCOCCOCCO3)C(=O)N1C=C(c3ccccc3)C[C@H]1C=N2. The quantitative estimate of drug-likeness (QED) is 0.209. The predicted octanol–water partition coefficient (Wildman–Crippen LogP) is 7.28. The monoisotopic (exact) mass is 766 g/mol. The Bertz CT molecular complexity index is 2110. The molecule has 0 aliphatic carbocycles.